The van der Waals surface area contributed by atoms with Crippen molar-refractivity contribution in [3.63, 3.8) is 0 Å². The Morgan fingerprint density at radius 2 is 2.22 bits per heavy atom. The smallest absolute Gasteiger partial charge is 0.236 e. The number of hydrogen-bond acceptors (Lipinski definition) is 5. The second-order valence-electron chi connectivity index (χ2n) is 5.86. The highest BCUT2D eigenvalue weighted by Gasteiger charge is 2.18. The minimum atomic E-state index is 0.100. The Hall–Kier alpha value is -1.79. The molecule has 0 aromatic heterocycles. The number of benzene rings is 1. The van der Waals surface area contributed by atoms with Gasteiger partial charge in [-0.1, -0.05) is 6.07 Å². The summed E-state index contributed by atoms with van der Waals surface area (Å²) < 4.78 is 16.2. The second kappa shape index (κ2) is 7.66. The van der Waals surface area contributed by atoms with E-state index in [0.29, 0.717) is 19.6 Å². The van der Waals surface area contributed by atoms with Crippen LogP contribution in [0, 0.1) is 0 Å². The quantitative estimate of drug-likeness (QED) is 0.826. The maximum atomic E-state index is 12.4. The Morgan fingerprint density at radius 1 is 1.35 bits per heavy atom. The molecule has 3 rings (SSSR count). The average Bonchev–Trinajstić information content (AvgIpc) is 3.23. The number of fused-ring (bicyclic) bond motifs is 1. The average molecular weight is 320 g/mol. The Labute approximate surface area is 136 Å². The molecule has 0 bridgehead atoms. The van der Waals surface area contributed by atoms with E-state index in [2.05, 4.69) is 5.32 Å². The van der Waals surface area contributed by atoms with Crippen LogP contribution < -0.4 is 14.8 Å². The summed E-state index contributed by atoms with van der Waals surface area (Å²) in [7, 11) is 0. The molecule has 1 amide bonds. The lowest BCUT2D eigenvalue weighted by molar-refractivity contribution is -0.130. The van der Waals surface area contributed by atoms with Gasteiger partial charge in [0, 0.05) is 26.2 Å². The first-order chi connectivity index (χ1) is 11.3. The summed E-state index contributed by atoms with van der Waals surface area (Å²) in [5, 5.41) is 3.21. The molecule has 2 aliphatic rings. The highest BCUT2D eigenvalue weighted by molar-refractivity contribution is 5.78. The number of hydrogen-bond donors (Lipinski definition) is 1. The largest absolute Gasteiger partial charge is 0.454 e. The molecule has 2 heterocycles. The summed E-state index contributed by atoms with van der Waals surface area (Å²) in [5.41, 5.74) is 1.04. The minimum absolute atomic E-state index is 0.100. The van der Waals surface area contributed by atoms with Gasteiger partial charge in [0.1, 0.15) is 0 Å². The van der Waals surface area contributed by atoms with Crippen molar-refractivity contribution in [2.24, 2.45) is 0 Å². The number of carbonyl (C=O) groups is 1. The molecule has 126 valence electrons. The maximum Gasteiger partial charge on any atom is 0.236 e. The number of amides is 1. The number of nitrogens with zero attached hydrogens (tertiary/aromatic N) is 1. The summed E-state index contributed by atoms with van der Waals surface area (Å²) in [6, 6.07) is 5.81. The lowest BCUT2D eigenvalue weighted by Crippen LogP contribution is -2.39. The molecule has 0 aliphatic carbocycles. The van der Waals surface area contributed by atoms with Crippen molar-refractivity contribution in [3.05, 3.63) is 23.8 Å². The van der Waals surface area contributed by atoms with E-state index in [9.17, 15) is 4.79 Å². The number of rotatable bonds is 7. The molecule has 0 radical (unpaired) electrons. The molecular weight excluding hydrogens is 296 g/mol. The molecule has 1 aromatic rings. The van der Waals surface area contributed by atoms with E-state index in [1.54, 1.807) is 0 Å². The topological polar surface area (TPSA) is 60.0 Å². The van der Waals surface area contributed by atoms with Gasteiger partial charge in [0.15, 0.2) is 11.5 Å². The Kier molecular flexibility index (Phi) is 5.35. The van der Waals surface area contributed by atoms with Crippen LogP contribution in [0.4, 0.5) is 0 Å². The van der Waals surface area contributed by atoms with Gasteiger partial charge in [0.05, 0.1) is 12.6 Å². The minimum Gasteiger partial charge on any atom is -0.454 e. The molecule has 6 heteroatoms. The van der Waals surface area contributed by atoms with Crippen LogP contribution >= 0.6 is 0 Å². The zero-order valence-electron chi connectivity index (χ0n) is 13.5. The van der Waals surface area contributed by atoms with E-state index >= 15 is 0 Å². The fourth-order valence-electron chi connectivity index (χ4n) is 2.89. The first kappa shape index (κ1) is 16.1. The van der Waals surface area contributed by atoms with Gasteiger partial charge in [0.25, 0.3) is 0 Å². The van der Waals surface area contributed by atoms with Crippen LogP contribution in [0.3, 0.4) is 0 Å². The Bertz CT molecular complexity index is 543. The van der Waals surface area contributed by atoms with Gasteiger partial charge < -0.3 is 24.4 Å². The molecule has 1 unspecified atom stereocenters. The van der Waals surface area contributed by atoms with Gasteiger partial charge in [-0.05, 0) is 37.5 Å². The van der Waals surface area contributed by atoms with E-state index in [1.807, 2.05) is 30.0 Å². The molecule has 1 N–H and O–H groups in total. The van der Waals surface area contributed by atoms with Crippen molar-refractivity contribution in [2.45, 2.75) is 32.4 Å². The van der Waals surface area contributed by atoms with Crippen LogP contribution in [-0.4, -0.2) is 49.9 Å². The van der Waals surface area contributed by atoms with E-state index in [1.165, 1.54) is 0 Å². The third-order valence-electron chi connectivity index (χ3n) is 4.22. The maximum absolute atomic E-state index is 12.4. The van der Waals surface area contributed by atoms with Crippen molar-refractivity contribution in [1.82, 2.24) is 10.2 Å². The summed E-state index contributed by atoms with van der Waals surface area (Å²) in [5.74, 6) is 1.62. The molecule has 1 aromatic carbocycles. The highest BCUT2D eigenvalue weighted by atomic mass is 16.7. The zero-order chi connectivity index (χ0) is 16.1. The molecule has 1 saturated heterocycles. The van der Waals surface area contributed by atoms with Crippen LogP contribution in [0.5, 0.6) is 11.5 Å². The van der Waals surface area contributed by atoms with Gasteiger partial charge in [0.2, 0.25) is 12.7 Å². The van der Waals surface area contributed by atoms with Crippen molar-refractivity contribution in [3.8, 4) is 11.5 Å². The van der Waals surface area contributed by atoms with Crippen molar-refractivity contribution in [2.75, 3.05) is 33.0 Å². The van der Waals surface area contributed by atoms with Gasteiger partial charge >= 0.3 is 0 Å². The van der Waals surface area contributed by atoms with Crippen LogP contribution in [0.15, 0.2) is 18.2 Å². The SMILES string of the molecule is CCN(Cc1ccc2c(c1)OCO2)C(=O)CNCC1CCCO1. The molecule has 6 nitrogen and oxygen atoms in total. The molecular formula is C17H24N2O4. The first-order valence-electron chi connectivity index (χ1n) is 8.25. The Balaban J connectivity index is 1.49. The lowest BCUT2D eigenvalue weighted by Gasteiger charge is -2.22. The Morgan fingerprint density at radius 3 is 3.00 bits per heavy atom. The molecule has 1 atom stereocenters. The number of carbonyl (C=O) groups excluding carboxylic acids is 1. The van der Waals surface area contributed by atoms with E-state index in [0.717, 1.165) is 43.1 Å². The standard InChI is InChI=1S/C17H24N2O4/c1-2-19(17(20)10-18-9-14-4-3-7-21-14)11-13-5-6-15-16(8-13)23-12-22-15/h5-6,8,14,18H,2-4,7,9-12H2,1H3. The second-order valence-corrected chi connectivity index (χ2v) is 5.86. The van der Waals surface area contributed by atoms with E-state index in [-0.39, 0.29) is 18.8 Å². The first-order valence-corrected chi connectivity index (χ1v) is 8.25. The molecule has 23 heavy (non-hydrogen) atoms. The zero-order valence-corrected chi connectivity index (χ0v) is 13.5. The van der Waals surface area contributed by atoms with Gasteiger partial charge in [-0.2, -0.15) is 0 Å². The van der Waals surface area contributed by atoms with Gasteiger partial charge in [-0.3, -0.25) is 4.79 Å². The van der Waals surface area contributed by atoms with Crippen molar-refractivity contribution >= 4 is 5.91 Å². The highest BCUT2D eigenvalue weighted by Crippen LogP contribution is 2.32. The molecule has 2 aliphatic heterocycles. The van der Waals surface area contributed by atoms with E-state index in [4.69, 9.17) is 14.2 Å². The van der Waals surface area contributed by atoms with E-state index < -0.39 is 0 Å². The summed E-state index contributed by atoms with van der Waals surface area (Å²) in [4.78, 5) is 14.2. The monoisotopic (exact) mass is 320 g/mol. The van der Waals surface area contributed by atoms with Crippen LogP contribution in [0.2, 0.25) is 0 Å². The summed E-state index contributed by atoms with van der Waals surface area (Å²) >= 11 is 0. The van der Waals surface area contributed by atoms with Crippen molar-refractivity contribution in [1.29, 1.82) is 0 Å². The number of nitrogens with one attached hydrogen (secondary N) is 1. The van der Waals surface area contributed by atoms with Crippen LogP contribution in [0.25, 0.3) is 0 Å². The fourth-order valence-corrected chi connectivity index (χ4v) is 2.89. The van der Waals surface area contributed by atoms with Crippen molar-refractivity contribution < 1.29 is 19.0 Å². The third-order valence-corrected chi connectivity index (χ3v) is 4.22. The predicted octanol–water partition coefficient (Wildman–Crippen LogP) is 1.53. The lowest BCUT2D eigenvalue weighted by atomic mass is 10.2. The summed E-state index contributed by atoms with van der Waals surface area (Å²) in [6.07, 6.45) is 2.45. The van der Waals surface area contributed by atoms with Crippen LogP contribution in [-0.2, 0) is 16.1 Å². The fraction of sp³-hybridized carbons (Fsp3) is 0.588. The molecule has 0 saturated carbocycles. The van der Waals surface area contributed by atoms with Gasteiger partial charge in [-0.25, -0.2) is 0 Å². The van der Waals surface area contributed by atoms with Gasteiger partial charge in [-0.15, -0.1) is 0 Å². The number of likely N-dealkylation sites (N-methyl/N-ethyl adjacent to an activating group) is 1. The number of ether oxygens (including phenoxy) is 3. The predicted molar refractivity (Wildman–Crippen MR) is 85.5 cm³/mol. The third kappa shape index (κ3) is 4.14. The van der Waals surface area contributed by atoms with Crippen LogP contribution in [0.1, 0.15) is 25.3 Å². The molecule has 1 fully saturated rings. The molecule has 0 spiro atoms. The summed E-state index contributed by atoms with van der Waals surface area (Å²) in [6.45, 7) is 5.44. The normalized spacial score (nSPS) is 19.1.